The lowest BCUT2D eigenvalue weighted by Crippen LogP contribution is -2.46. The van der Waals surface area contributed by atoms with Gasteiger partial charge in [0.2, 0.25) is 5.91 Å². The van der Waals surface area contributed by atoms with Gasteiger partial charge in [-0.3, -0.25) is 9.69 Å². The summed E-state index contributed by atoms with van der Waals surface area (Å²) in [4.78, 5) is 13.4. The number of carbonyl (C=O) groups is 1. The van der Waals surface area contributed by atoms with E-state index in [9.17, 15) is 4.79 Å². The van der Waals surface area contributed by atoms with Crippen LogP contribution in [0.25, 0.3) is 0 Å². The highest BCUT2D eigenvalue weighted by Crippen LogP contribution is 2.27. The second-order valence-electron chi connectivity index (χ2n) is 5.07. The van der Waals surface area contributed by atoms with Gasteiger partial charge in [0, 0.05) is 12.6 Å². The van der Waals surface area contributed by atoms with E-state index in [1.807, 2.05) is 12.1 Å². The number of hydrogen-bond acceptors (Lipinski definition) is 3. The molecule has 2 rings (SSSR count). The van der Waals surface area contributed by atoms with Crippen LogP contribution in [0.3, 0.4) is 0 Å². The number of hydrogen-bond donors (Lipinski definition) is 2. The summed E-state index contributed by atoms with van der Waals surface area (Å²) in [5.74, 6) is -0.318. The Morgan fingerprint density at radius 1 is 1.35 bits per heavy atom. The predicted octanol–water partition coefficient (Wildman–Crippen LogP) is 2.03. The van der Waals surface area contributed by atoms with Gasteiger partial charge in [0.05, 0.1) is 16.6 Å². The summed E-state index contributed by atoms with van der Waals surface area (Å²) < 4.78 is 0. The minimum atomic E-state index is -0.318. The lowest BCUT2D eigenvalue weighted by Gasteiger charge is -2.34. The Morgan fingerprint density at radius 2 is 2.05 bits per heavy atom. The van der Waals surface area contributed by atoms with Crippen molar-refractivity contribution >= 4 is 29.1 Å². The fourth-order valence-corrected chi connectivity index (χ4v) is 2.96. The van der Waals surface area contributed by atoms with Gasteiger partial charge in [-0.15, -0.1) is 0 Å². The molecule has 1 aromatic rings. The number of primary amides is 1. The van der Waals surface area contributed by atoms with Crippen molar-refractivity contribution in [3.05, 3.63) is 33.8 Å². The van der Waals surface area contributed by atoms with Gasteiger partial charge < -0.3 is 11.1 Å². The van der Waals surface area contributed by atoms with Crippen LogP contribution in [0.2, 0.25) is 10.0 Å². The van der Waals surface area contributed by atoms with E-state index in [0.717, 1.165) is 31.5 Å². The van der Waals surface area contributed by atoms with Crippen molar-refractivity contribution in [1.29, 1.82) is 0 Å². The van der Waals surface area contributed by atoms with Gasteiger partial charge in [-0.05, 0) is 37.6 Å². The van der Waals surface area contributed by atoms with Crippen LogP contribution in [0.1, 0.15) is 18.4 Å². The molecule has 0 spiro atoms. The molecule has 3 N–H and O–H groups in total. The zero-order valence-corrected chi connectivity index (χ0v) is 12.8. The summed E-state index contributed by atoms with van der Waals surface area (Å²) in [6.45, 7) is 2.76. The number of piperidine rings is 1. The molecule has 1 aliphatic rings. The Bertz CT molecular complexity index is 475. The number of carbonyl (C=O) groups excluding carboxylic acids is 1. The molecule has 110 valence electrons. The van der Waals surface area contributed by atoms with Crippen molar-refractivity contribution < 1.29 is 4.79 Å². The fraction of sp³-hybridized carbons (Fsp3) is 0.500. The van der Waals surface area contributed by atoms with Crippen LogP contribution < -0.4 is 11.1 Å². The molecule has 0 unspecified atom stereocenters. The highest BCUT2D eigenvalue weighted by molar-refractivity contribution is 6.42. The average Bonchev–Trinajstić information content (AvgIpc) is 2.43. The van der Waals surface area contributed by atoms with Crippen LogP contribution in [0.15, 0.2) is 18.2 Å². The maximum Gasteiger partial charge on any atom is 0.231 e. The molecule has 20 heavy (non-hydrogen) atoms. The van der Waals surface area contributed by atoms with E-state index in [-0.39, 0.29) is 12.5 Å². The van der Waals surface area contributed by atoms with Crippen molar-refractivity contribution in [1.82, 2.24) is 10.2 Å². The summed E-state index contributed by atoms with van der Waals surface area (Å²) in [5.41, 5.74) is 6.30. The molecule has 0 aliphatic carbocycles. The number of halogens is 2. The standard InChI is InChI=1S/C14H19Cl2N3O/c15-12-3-1-2-10(14(12)16)8-19(9-13(17)20)11-4-6-18-7-5-11/h1-3,11,18H,4-9H2,(H2,17,20). The van der Waals surface area contributed by atoms with Crippen LogP contribution in [-0.4, -0.2) is 36.5 Å². The molecule has 6 heteroatoms. The maximum atomic E-state index is 11.3. The van der Waals surface area contributed by atoms with Gasteiger partial charge in [0.25, 0.3) is 0 Å². The summed E-state index contributed by atoms with van der Waals surface area (Å²) in [6.07, 6.45) is 2.01. The predicted molar refractivity (Wildman–Crippen MR) is 82.0 cm³/mol. The van der Waals surface area contributed by atoms with E-state index in [2.05, 4.69) is 10.2 Å². The number of amides is 1. The van der Waals surface area contributed by atoms with Crippen molar-refractivity contribution in [3.8, 4) is 0 Å². The zero-order valence-electron chi connectivity index (χ0n) is 11.2. The van der Waals surface area contributed by atoms with E-state index in [1.165, 1.54) is 0 Å². The van der Waals surface area contributed by atoms with E-state index < -0.39 is 0 Å². The molecule has 1 saturated heterocycles. The molecule has 1 amide bonds. The Labute approximate surface area is 129 Å². The lowest BCUT2D eigenvalue weighted by atomic mass is 10.0. The third-order valence-electron chi connectivity index (χ3n) is 3.59. The van der Waals surface area contributed by atoms with Crippen LogP contribution in [0.4, 0.5) is 0 Å². The van der Waals surface area contributed by atoms with Crippen molar-refractivity contribution in [3.63, 3.8) is 0 Å². The van der Waals surface area contributed by atoms with Gasteiger partial charge in [-0.2, -0.15) is 0 Å². The van der Waals surface area contributed by atoms with Gasteiger partial charge >= 0.3 is 0 Å². The first kappa shape index (κ1) is 15.6. The fourth-order valence-electron chi connectivity index (χ4n) is 2.58. The molecule has 0 radical (unpaired) electrons. The molecule has 1 fully saturated rings. The molecule has 4 nitrogen and oxygen atoms in total. The molecule has 0 bridgehead atoms. The Morgan fingerprint density at radius 3 is 2.70 bits per heavy atom. The molecule has 1 aromatic carbocycles. The summed E-state index contributed by atoms with van der Waals surface area (Å²) in [5, 5.41) is 4.41. The van der Waals surface area contributed by atoms with Crippen LogP contribution in [0, 0.1) is 0 Å². The maximum absolute atomic E-state index is 11.3. The smallest absolute Gasteiger partial charge is 0.231 e. The van der Waals surface area contributed by atoms with E-state index in [0.29, 0.717) is 22.6 Å². The highest BCUT2D eigenvalue weighted by Gasteiger charge is 2.23. The van der Waals surface area contributed by atoms with Crippen molar-refractivity contribution in [2.45, 2.75) is 25.4 Å². The number of nitrogens with two attached hydrogens (primary N) is 1. The third-order valence-corrected chi connectivity index (χ3v) is 4.45. The largest absolute Gasteiger partial charge is 0.369 e. The lowest BCUT2D eigenvalue weighted by molar-refractivity contribution is -0.120. The topological polar surface area (TPSA) is 58.4 Å². The third kappa shape index (κ3) is 4.09. The molecule has 1 heterocycles. The van der Waals surface area contributed by atoms with Crippen molar-refractivity contribution in [2.24, 2.45) is 5.73 Å². The van der Waals surface area contributed by atoms with Crippen LogP contribution in [0.5, 0.6) is 0 Å². The van der Waals surface area contributed by atoms with E-state index in [1.54, 1.807) is 6.07 Å². The Balaban J connectivity index is 2.14. The van der Waals surface area contributed by atoms with E-state index in [4.69, 9.17) is 28.9 Å². The second-order valence-corrected chi connectivity index (χ2v) is 5.85. The van der Waals surface area contributed by atoms with Gasteiger partial charge in [0.15, 0.2) is 0 Å². The first-order valence-corrected chi connectivity index (χ1v) is 7.49. The molecule has 0 saturated carbocycles. The summed E-state index contributed by atoms with van der Waals surface area (Å²) >= 11 is 12.3. The number of nitrogens with one attached hydrogen (secondary N) is 1. The van der Waals surface area contributed by atoms with Gasteiger partial charge in [0.1, 0.15) is 0 Å². The Kier molecular flexibility index (Phi) is 5.66. The normalized spacial score (nSPS) is 16.6. The molecule has 0 aromatic heterocycles. The summed E-state index contributed by atoms with van der Waals surface area (Å²) in [6, 6.07) is 5.91. The minimum Gasteiger partial charge on any atom is -0.369 e. The average molecular weight is 316 g/mol. The quantitative estimate of drug-likeness (QED) is 0.874. The number of benzene rings is 1. The molecule has 0 atom stereocenters. The van der Waals surface area contributed by atoms with E-state index >= 15 is 0 Å². The summed E-state index contributed by atoms with van der Waals surface area (Å²) in [7, 11) is 0. The van der Waals surface area contributed by atoms with Gasteiger partial charge in [-0.25, -0.2) is 0 Å². The highest BCUT2D eigenvalue weighted by atomic mass is 35.5. The first-order chi connectivity index (χ1) is 9.58. The number of rotatable bonds is 5. The van der Waals surface area contributed by atoms with Gasteiger partial charge in [-0.1, -0.05) is 35.3 Å². The Hall–Kier alpha value is -0.810. The molecular weight excluding hydrogens is 297 g/mol. The second kappa shape index (κ2) is 7.27. The molecular formula is C14H19Cl2N3O. The minimum absolute atomic E-state index is 0.244. The van der Waals surface area contributed by atoms with Crippen molar-refractivity contribution in [2.75, 3.05) is 19.6 Å². The monoisotopic (exact) mass is 315 g/mol. The van der Waals surface area contributed by atoms with Crippen LogP contribution >= 0.6 is 23.2 Å². The zero-order chi connectivity index (χ0) is 14.5. The van der Waals surface area contributed by atoms with Crippen LogP contribution in [-0.2, 0) is 11.3 Å². The number of nitrogens with zero attached hydrogens (tertiary/aromatic N) is 1. The first-order valence-electron chi connectivity index (χ1n) is 6.74. The SMILES string of the molecule is NC(=O)CN(Cc1cccc(Cl)c1Cl)C1CCNCC1. The molecule has 1 aliphatic heterocycles.